The lowest BCUT2D eigenvalue weighted by Gasteiger charge is -2.03. The first-order valence-corrected chi connectivity index (χ1v) is 6.87. The number of nitrogens with two attached hydrogens (primary N) is 1. The zero-order chi connectivity index (χ0) is 15.5. The predicted molar refractivity (Wildman–Crippen MR) is 97.2 cm³/mol. The van der Waals surface area contributed by atoms with Crippen molar-refractivity contribution in [2.24, 2.45) is 10.7 Å². The zero-order valence-corrected chi connectivity index (χ0v) is 14.8. The quantitative estimate of drug-likeness (QED) is 0.377. The van der Waals surface area contributed by atoms with Crippen LogP contribution in [0.1, 0.15) is 17.1 Å². The number of hydrogen-bond acceptors (Lipinski definition) is 3. The normalized spacial score (nSPS) is 11.5. The van der Waals surface area contributed by atoms with E-state index in [0.29, 0.717) is 30.4 Å². The first-order valence-electron chi connectivity index (χ1n) is 6.87. The molecule has 0 amide bonds. The maximum atomic E-state index is 13.3. The third-order valence-corrected chi connectivity index (χ3v) is 3.41. The van der Waals surface area contributed by atoms with Crippen molar-refractivity contribution in [2.75, 3.05) is 0 Å². The molecule has 0 aliphatic rings. The highest BCUT2D eigenvalue weighted by atomic mass is 127. The van der Waals surface area contributed by atoms with Gasteiger partial charge in [-0.15, -0.1) is 24.0 Å². The summed E-state index contributed by atoms with van der Waals surface area (Å²) >= 11 is 0. The molecule has 0 aliphatic heterocycles. The van der Waals surface area contributed by atoms with E-state index in [1.807, 2.05) is 13.0 Å². The molecule has 0 aliphatic carbocycles. The lowest BCUT2D eigenvalue weighted by molar-refractivity contribution is 0.511. The van der Waals surface area contributed by atoms with Gasteiger partial charge in [0.1, 0.15) is 29.5 Å². The summed E-state index contributed by atoms with van der Waals surface area (Å²) in [5.41, 5.74) is 7.35. The summed E-state index contributed by atoms with van der Waals surface area (Å²) in [5, 5.41) is 3.74. The number of benzene rings is 1. The van der Waals surface area contributed by atoms with Gasteiger partial charge in [0, 0.05) is 10.9 Å². The van der Waals surface area contributed by atoms with E-state index in [0.717, 1.165) is 16.7 Å². The van der Waals surface area contributed by atoms with E-state index in [1.54, 1.807) is 18.4 Å². The van der Waals surface area contributed by atoms with Gasteiger partial charge in [-0.3, -0.25) is 0 Å². The van der Waals surface area contributed by atoms with Crippen LogP contribution in [-0.2, 0) is 13.1 Å². The van der Waals surface area contributed by atoms with Crippen LogP contribution >= 0.6 is 24.0 Å². The van der Waals surface area contributed by atoms with E-state index in [9.17, 15) is 4.39 Å². The summed E-state index contributed by atoms with van der Waals surface area (Å²) < 4.78 is 24.1. The molecule has 0 saturated heterocycles. The molecule has 0 atom stereocenters. The maximum absolute atomic E-state index is 13.3. The Morgan fingerprint density at radius 1 is 1.35 bits per heavy atom. The summed E-state index contributed by atoms with van der Waals surface area (Å²) in [4.78, 5) is 4.17. The molecular formula is C16H17FIN3O2. The molecule has 23 heavy (non-hydrogen) atoms. The second-order valence-electron chi connectivity index (χ2n) is 4.93. The van der Waals surface area contributed by atoms with Crippen LogP contribution in [0.2, 0.25) is 0 Å². The topological polar surface area (TPSA) is 76.7 Å². The van der Waals surface area contributed by atoms with Crippen molar-refractivity contribution in [1.82, 2.24) is 5.32 Å². The third kappa shape index (κ3) is 4.04. The van der Waals surface area contributed by atoms with Gasteiger partial charge in [0.15, 0.2) is 5.96 Å². The summed E-state index contributed by atoms with van der Waals surface area (Å²) in [6.07, 6.45) is 1.59. The Bertz CT molecular complexity index is 812. The Kier molecular flexibility index (Phi) is 5.64. The molecule has 7 heteroatoms. The van der Waals surface area contributed by atoms with Crippen LogP contribution in [-0.4, -0.2) is 5.96 Å². The van der Waals surface area contributed by atoms with Gasteiger partial charge >= 0.3 is 0 Å². The fourth-order valence-corrected chi connectivity index (χ4v) is 2.20. The van der Waals surface area contributed by atoms with E-state index in [2.05, 4.69) is 10.3 Å². The van der Waals surface area contributed by atoms with E-state index in [-0.39, 0.29) is 29.8 Å². The van der Waals surface area contributed by atoms with Crippen molar-refractivity contribution in [3.05, 3.63) is 59.5 Å². The molecule has 0 spiro atoms. The van der Waals surface area contributed by atoms with Crippen LogP contribution in [0.15, 0.2) is 50.4 Å². The second-order valence-corrected chi connectivity index (χ2v) is 4.93. The number of rotatable bonds is 4. The molecule has 2 aromatic heterocycles. The van der Waals surface area contributed by atoms with Gasteiger partial charge in [-0.05, 0) is 37.3 Å². The number of nitrogens with zero attached hydrogens (tertiary/aromatic N) is 1. The van der Waals surface area contributed by atoms with Crippen molar-refractivity contribution >= 4 is 40.9 Å². The number of fused-ring (bicyclic) bond motifs is 1. The van der Waals surface area contributed by atoms with Crippen molar-refractivity contribution in [1.29, 1.82) is 0 Å². The molecular weight excluding hydrogens is 412 g/mol. The fraction of sp³-hybridized carbons (Fsp3) is 0.188. The molecule has 0 fully saturated rings. The van der Waals surface area contributed by atoms with Gasteiger partial charge in [-0.2, -0.15) is 0 Å². The lowest BCUT2D eigenvalue weighted by atomic mass is 10.1. The zero-order valence-electron chi connectivity index (χ0n) is 12.5. The number of aliphatic imine (C=N–C) groups is 1. The van der Waals surface area contributed by atoms with Gasteiger partial charge < -0.3 is 19.9 Å². The van der Waals surface area contributed by atoms with Gasteiger partial charge in [-0.1, -0.05) is 0 Å². The number of halogens is 2. The highest BCUT2D eigenvalue weighted by molar-refractivity contribution is 14.0. The molecule has 5 nitrogen and oxygen atoms in total. The first kappa shape index (κ1) is 17.3. The van der Waals surface area contributed by atoms with Crippen molar-refractivity contribution < 1.29 is 13.2 Å². The SMILES string of the molecule is Cc1c(CNC(N)=NCc2ccco2)oc2ccc(F)cc12.I. The van der Waals surface area contributed by atoms with Crippen molar-refractivity contribution in [3.8, 4) is 0 Å². The molecule has 0 saturated carbocycles. The van der Waals surface area contributed by atoms with E-state index in [4.69, 9.17) is 14.6 Å². The Morgan fingerprint density at radius 3 is 2.91 bits per heavy atom. The summed E-state index contributed by atoms with van der Waals surface area (Å²) in [5.74, 6) is 1.45. The van der Waals surface area contributed by atoms with Gasteiger partial charge in [0.05, 0.1) is 12.8 Å². The summed E-state index contributed by atoms with van der Waals surface area (Å²) in [7, 11) is 0. The number of hydrogen-bond donors (Lipinski definition) is 2. The lowest BCUT2D eigenvalue weighted by Crippen LogP contribution is -2.31. The van der Waals surface area contributed by atoms with Crippen LogP contribution < -0.4 is 11.1 Å². The van der Waals surface area contributed by atoms with Crippen LogP contribution in [0.3, 0.4) is 0 Å². The number of guanidine groups is 1. The minimum absolute atomic E-state index is 0. The molecule has 122 valence electrons. The summed E-state index contributed by atoms with van der Waals surface area (Å²) in [6.45, 7) is 2.64. The van der Waals surface area contributed by atoms with Crippen LogP contribution in [0, 0.1) is 12.7 Å². The molecule has 3 aromatic rings. The Hall–Kier alpha value is -2.03. The van der Waals surface area contributed by atoms with Crippen molar-refractivity contribution in [3.63, 3.8) is 0 Å². The Balaban J connectivity index is 0.00000192. The predicted octanol–water partition coefficient (Wildman–Crippen LogP) is 3.70. The highest BCUT2D eigenvalue weighted by Gasteiger charge is 2.11. The minimum atomic E-state index is -0.282. The largest absolute Gasteiger partial charge is 0.467 e. The van der Waals surface area contributed by atoms with Crippen LogP contribution in [0.4, 0.5) is 4.39 Å². The van der Waals surface area contributed by atoms with E-state index in [1.165, 1.54) is 12.1 Å². The average Bonchev–Trinajstić information content (AvgIpc) is 3.12. The standard InChI is InChI=1S/C16H16FN3O2.HI/c1-10-13-7-11(17)4-5-14(13)22-15(10)9-20-16(18)19-8-12-3-2-6-21-12;/h2-7H,8-9H2,1H3,(H3,18,19,20);1H. The average molecular weight is 429 g/mol. The molecule has 2 heterocycles. The highest BCUT2D eigenvalue weighted by Crippen LogP contribution is 2.25. The molecule has 3 rings (SSSR count). The smallest absolute Gasteiger partial charge is 0.189 e. The second kappa shape index (κ2) is 7.49. The molecule has 1 aromatic carbocycles. The molecule has 0 bridgehead atoms. The number of aryl methyl sites for hydroxylation is 1. The first-order chi connectivity index (χ1) is 10.6. The Labute approximate surface area is 149 Å². The van der Waals surface area contributed by atoms with Gasteiger partial charge in [-0.25, -0.2) is 9.38 Å². The maximum Gasteiger partial charge on any atom is 0.189 e. The van der Waals surface area contributed by atoms with Gasteiger partial charge in [0.25, 0.3) is 0 Å². The Morgan fingerprint density at radius 2 is 2.17 bits per heavy atom. The molecule has 0 unspecified atom stereocenters. The molecule has 3 N–H and O–H groups in total. The monoisotopic (exact) mass is 429 g/mol. The van der Waals surface area contributed by atoms with E-state index >= 15 is 0 Å². The fourth-order valence-electron chi connectivity index (χ4n) is 2.20. The minimum Gasteiger partial charge on any atom is -0.467 e. The molecule has 0 radical (unpaired) electrons. The number of furan rings is 2. The van der Waals surface area contributed by atoms with Crippen molar-refractivity contribution in [2.45, 2.75) is 20.0 Å². The van der Waals surface area contributed by atoms with Crippen LogP contribution in [0.25, 0.3) is 11.0 Å². The third-order valence-electron chi connectivity index (χ3n) is 3.41. The van der Waals surface area contributed by atoms with E-state index < -0.39 is 0 Å². The number of nitrogens with one attached hydrogen (secondary N) is 1. The summed E-state index contributed by atoms with van der Waals surface area (Å²) in [6, 6.07) is 8.09. The van der Waals surface area contributed by atoms with Gasteiger partial charge in [0.2, 0.25) is 0 Å². The van der Waals surface area contributed by atoms with Crippen LogP contribution in [0.5, 0.6) is 0 Å².